The molecule has 0 heterocycles. The van der Waals surface area contributed by atoms with Crippen molar-refractivity contribution < 1.29 is 9.59 Å². The second-order valence-electron chi connectivity index (χ2n) is 6.83. The fraction of sp³-hybridized carbons (Fsp3) is 0.333. The Hall–Kier alpha value is -2.46. The van der Waals surface area contributed by atoms with E-state index in [1.807, 2.05) is 19.1 Å². The molecular weight excluding hydrogens is 312 g/mol. The summed E-state index contributed by atoms with van der Waals surface area (Å²) < 4.78 is 0. The molecule has 1 amide bonds. The number of ketones is 1. The first kappa shape index (κ1) is 17.4. The summed E-state index contributed by atoms with van der Waals surface area (Å²) in [7, 11) is 0. The molecule has 0 unspecified atom stereocenters. The summed E-state index contributed by atoms with van der Waals surface area (Å²) in [4.78, 5) is 25.5. The van der Waals surface area contributed by atoms with Gasteiger partial charge in [0.05, 0.1) is 5.56 Å². The summed E-state index contributed by atoms with van der Waals surface area (Å²) in [6, 6.07) is 14.8. The molecule has 4 nitrogen and oxygen atoms in total. The molecule has 2 aromatic rings. The van der Waals surface area contributed by atoms with Crippen LogP contribution in [0, 0.1) is 6.92 Å². The summed E-state index contributed by atoms with van der Waals surface area (Å²) in [5.74, 6) is -0.312. The van der Waals surface area contributed by atoms with Crippen LogP contribution in [-0.4, -0.2) is 23.8 Å². The SMILES string of the molecule is Cc1ccc(C(=O)c2ccccc2C(=O)NC2CCC(N)CC2)cc1. The highest BCUT2D eigenvalue weighted by atomic mass is 16.2. The number of hydrogen-bond acceptors (Lipinski definition) is 3. The van der Waals surface area contributed by atoms with Gasteiger partial charge in [0.25, 0.3) is 5.91 Å². The maximum Gasteiger partial charge on any atom is 0.252 e. The van der Waals surface area contributed by atoms with Gasteiger partial charge in [-0.3, -0.25) is 9.59 Å². The average molecular weight is 336 g/mol. The number of amides is 1. The van der Waals surface area contributed by atoms with E-state index in [4.69, 9.17) is 5.73 Å². The van der Waals surface area contributed by atoms with E-state index in [2.05, 4.69) is 5.32 Å². The number of benzene rings is 2. The van der Waals surface area contributed by atoms with Crippen molar-refractivity contribution in [1.29, 1.82) is 0 Å². The highest BCUT2D eigenvalue weighted by molar-refractivity contribution is 6.15. The van der Waals surface area contributed by atoms with Gasteiger partial charge in [-0.2, -0.15) is 0 Å². The molecule has 0 atom stereocenters. The zero-order chi connectivity index (χ0) is 17.8. The van der Waals surface area contributed by atoms with Gasteiger partial charge in [-0.1, -0.05) is 48.0 Å². The summed E-state index contributed by atoms with van der Waals surface area (Å²) in [5, 5.41) is 3.06. The maximum absolute atomic E-state index is 12.8. The number of aryl methyl sites for hydroxylation is 1. The third-order valence-corrected chi connectivity index (χ3v) is 4.84. The smallest absolute Gasteiger partial charge is 0.252 e. The quantitative estimate of drug-likeness (QED) is 0.842. The monoisotopic (exact) mass is 336 g/mol. The van der Waals surface area contributed by atoms with Gasteiger partial charge in [-0.05, 0) is 38.7 Å². The van der Waals surface area contributed by atoms with Crippen LogP contribution >= 0.6 is 0 Å². The predicted molar refractivity (Wildman–Crippen MR) is 98.8 cm³/mol. The van der Waals surface area contributed by atoms with E-state index in [1.54, 1.807) is 36.4 Å². The largest absolute Gasteiger partial charge is 0.349 e. The van der Waals surface area contributed by atoms with Gasteiger partial charge in [0.15, 0.2) is 5.78 Å². The van der Waals surface area contributed by atoms with E-state index in [9.17, 15) is 9.59 Å². The zero-order valence-electron chi connectivity index (χ0n) is 14.5. The van der Waals surface area contributed by atoms with E-state index in [0.717, 1.165) is 31.2 Å². The second-order valence-corrected chi connectivity index (χ2v) is 6.83. The van der Waals surface area contributed by atoms with Crippen LogP contribution < -0.4 is 11.1 Å². The molecule has 0 saturated heterocycles. The fourth-order valence-electron chi connectivity index (χ4n) is 3.27. The number of carbonyl (C=O) groups is 2. The van der Waals surface area contributed by atoms with Crippen molar-refractivity contribution in [3.63, 3.8) is 0 Å². The molecule has 0 aromatic heterocycles. The van der Waals surface area contributed by atoms with Gasteiger partial charge >= 0.3 is 0 Å². The van der Waals surface area contributed by atoms with Gasteiger partial charge in [-0.25, -0.2) is 0 Å². The number of nitrogens with one attached hydrogen (secondary N) is 1. The Morgan fingerprint density at radius 1 is 0.920 bits per heavy atom. The van der Waals surface area contributed by atoms with Gasteiger partial charge in [0.1, 0.15) is 0 Å². The van der Waals surface area contributed by atoms with Crippen molar-refractivity contribution in [2.45, 2.75) is 44.7 Å². The van der Waals surface area contributed by atoms with Crippen molar-refractivity contribution >= 4 is 11.7 Å². The molecule has 0 bridgehead atoms. The lowest BCUT2D eigenvalue weighted by atomic mass is 9.91. The average Bonchev–Trinajstić information content (AvgIpc) is 2.63. The lowest BCUT2D eigenvalue weighted by Crippen LogP contribution is -2.40. The van der Waals surface area contributed by atoms with E-state index < -0.39 is 0 Å². The molecule has 130 valence electrons. The lowest BCUT2D eigenvalue weighted by molar-refractivity contribution is 0.0916. The number of nitrogens with two attached hydrogens (primary N) is 1. The molecule has 0 radical (unpaired) electrons. The molecule has 3 N–H and O–H groups in total. The Balaban J connectivity index is 1.79. The molecule has 4 heteroatoms. The van der Waals surface area contributed by atoms with Crippen molar-refractivity contribution in [3.8, 4) is 0 Å². The molecule has 1 saturated carbocycles. The summed E-state index contributed by atoms with van der Waals surface area (Å²) in [5.41, 5.74) is 8.48. The predicted octanol–water partition coefficient (Wildman–Crippen LogP) is 3.23. The van der Waals surface area contributed by atoms with E-state index in [-0.39, 0.29) is 23.8 Å². The summed E-state index contributed by atoms with van der Waals surface area (Å²) in [6.07, 6.45) is 3.63. The molecule has 3 rings (SSSR count). The van der Waals surface area contributed by atoms with Gasteiger partial charge in [0.2, 0.25) is 0 Å². The van der Waals surface area contributed by atoms with Crippen LogP contribution in [0.2, 0.25) is 0 Å². The molecule has 2 aromatic carbocycles. The van der Waals surface area contributed by atoms with Crippen LogP contribution in [-0.2, 0) is 0 Å². The Morgan fingerprint density at radius 2 is 1.52 bits per heavy atom. The van der Waals surface area contributed by atoms with Crippen LogP contribution in [0.5, 0.6) is 0 Å². The molecule has 1 aliphatic rings. The molecule has 0 spiro atoms. The molecule has 1 fully saturated rings. The number of hydrogen-bond donors (Lipinski definition) is 2. The standard InChI is InChI=1S/C21H24N2O2/c1-14-6-8-15(9-7-14)20(24)18-4-2-3-5-19(18)21(25)23-17-12-10-16(22)11-13-17/h2-9,16-17H,10-13,22H2,1H3,(H,23,25). The Bertz CT molecular complexity index is 760. The zero-order valence-corrected chi connectivity index (χ0v) is 14.5. The van der Waals surface area contributed by atoms with Crippen molar-refractivity contribution in [1.82, 2.24) is 5.32 Å². The van der Waals surface area contributed by atoms with Crippen molar-refractivity contribution in [2.75, 3.05) is 0 Å². The first-order valence-corrected chi connectivity index (χ1v) is 8.81. The van der Waals surface area contributed by atoms with Crippen molar-refractivity contribution in [2.24, 2.45) is 5.73 Å². The lowest BCUT2D eigenvalue weighted by Gasteiger charge is -2.27. The first-order valence-electron chi connectivity index (χ1n) is 8.81. The molecule has 1 aliphatic carbocycles. The van der Waals surface area contributed by atoms with E-state index in [1.165, 1.54) is 0 Å². The van der Waals surface area contributed by atoms with Gasteiger partial charge in [-0.15, -0.1) is 0 Å². The minimum atomic E-state index is -0.184. The van der Waals surface area contributed by atoms with Gasteiger partial charge < -0.3 is 11.1 Å². The van der Waals surface area contributed by atoms with Crippen molar-refractivity contribution in [3.05, 3.63) is 70.8 Å². The molecular formula is C21H24N2O2. The maximum atomic E-state index is 12.8. The van der Waals surface area contributed by atoms with E-state index >= 15 is 0 Å². The second kappa shape index (κ2) is 7.62. The number of rotatable bonds is 4. The minimum Gasteiger partial charge on any atom is -0.349 e. The van der Waals surface area contributed by atoms with E-state index in [0.29, 0.717) is 16.7 Å². The van der Waals surface area contributed by atoms with Crippen LogP contribution in [0.3, 0.4) is 0 Å². The highest BCUT2D eigenvalue weighted by Gasteiger charge is 2.23. The van der Waals surface area contributed by atoms with Crippen LogP contribution in [0.25, 0.3) is 0 Å². The van der Waals surface area contributed by atoms with Crippen LogP contribution in [0.4, 0.5) is 0 Å². The Labute approximate surface area is 148 Å². The minimum absolute atomic E-state index is 0.128. The Kier molecular flexibility index (Phi) is 5.29. The number of carbonyl (C=O) groups excluding carboxylic acids is 2. The third-order valence-electron chi connectivity index (χ3n) is 4.84. The van der Waals surface area contributed by atoms with Gasteiger partial charge in [0, 0.05) is 23.2 Å². The fourth-order valence-corrected chi connectivity index (χ4v) is 3.27. The summed E-state index contributed by atoms with van der Waals surface area (Å²) in [6.45, 7) is 1.98. The molecule has 25 heavy (non-hydrogen) atoms. The van der Waals surface area contributed by atoms with Crippen LogP contribution in [0.1, 0.15) is 57.5 Å². The normalized spacial score (nSPS) is 20.1. The summed E-state index contributed by atoms with van der Waals surface area (Å²) >= 11 is 0. The molecule has 0 aliphatic heterocycles. The van der Waals surface area contributed by atoms with Crippen LogP contribution in [0.15, 0.2) is 48.5 Å². The first-order chi connectivity index (χ1) is 12.0. The Morgan fingerprint density at radius 3 is 2.16 bits per heavy atom. The highest BCUT2D eigenvalue weighted by Crippen LogP contribution is 2.19. The third kappa shape index (κ3) is 4.15. The topological polar surface area (TPSA) is 72.2 Å².